The van der Waals surface area contributed by atoms with Crippen LogP contribution in [0, 0.1) is 13.8 Å². The first-order chi connectivity index (χ1) is 15.0. The van der Waals surface area contributed by atoms with Crippen LogP contribution in [0.4, 0.5) is 5.13 Å². The lowest BCUT2D eigenvalue weighted by Crippen LogP contribution is -2.11. The van der Waals surface area contributed by atoms with Crippen molar-refractivity contribution in [1.82, 2.24) is 19.9 Å². The molecule has 0 aliphatic heterocycles. The van der Waals surface area contributed by atoms with Gasteiger partial charge in [-0.25, -0.2) is 15.0 Å². The Morgan fingerprint density at radius 2 is 1.71 bits per heavy atom. The molecule has 1 N–H and O–H groups in total. The van der Waals surface area contributed by atoms with Gasteiger partial charge in [-0.05, 0) is 49.2 Å². The SMILES string of the molecule is COc1cnc(Oc2cc(C)c(-c3csc(NC(=O)c4ccncc4)n3)c(C)c2)cn1. The van der Waals surface area contributed by atoms with Crippen LogP contribution in [0.5, 0.6) is 17.5 Å². The van der Waals surface area contributed by atoms with Crippen LogP contribution in [-0.2, 0) is 0 Å². The third kappa shape index (κ3) is 4.67. The molecule has 0 saturated carbocycles. The van der Waals surface area contributed by atoms with Gasteiger partial charge in [-0.2, -0.15) is 0 Å². The summed E-state index contributed by atoms with van der Waals surface area (Å²) in [6.45, 7) is 3.98. The van der Waals surface area contributed by atoms with Crippen molar-refractivity contribution < 1.29 is 14.3 Å². The summed E-state index contributed by atoms with van der Waals surface area (Å²) in [5.74, 6) is 1.23. The van der Waals surface area contributed by atoms with Crippen LogP contribution in [-0.4, -0.2) is 33.0 Å². The van der Waals surface area contributed by atoms with Crippen LogP contribution in [0.2, 0.25) is 0 Å². The van der Waals surface area contributed by atoms with E-state index >= 15 is 0 Å². The zero-order valence-electron chi connectivity index (χ0n) is 17.1. The molecule has 156 valence electrons. The molecule has 1 aromatic carbocycles. The summed E-state index contributed by atoms with van der Waals surface area (Å²) >= 11 is 1.38. The first kappa shape index (κ1) is 20.4. The van der Waals surface area contributed by atoms with Gasteiger partial charge in [0.25, 0.3) is 5.91 Å². The highest BCUT2D eigenvalue weighted by molar-refractivity contribution is 7.14. The maximum atomic E-state index is 12.3. The van der Waals surface area contributed by atoms with E-state index in [1.165, 1.54) is 30.8 Å². The molecule has 0 bridgehead atoms. The number of anilines is 1. The Labute approximate surface area is 183 Å². The van der Waals surface area contributed by atoms with Gasteiger partial charge < -0.3 is 9.47 Å². The molecule has 4 rings (SSSR count). The Kier molecular flexibility index (Phi) is 5.85. The lowest BCUT2D eigenvalue weighted by atomic mass is 10.0. The van der Waals surface area contributed by atoms with Crippen LogP contribution in [0.25, 0.3) is 11.3 Å². The van der Waals surface area contributed by atoms with E-state index in [9.17, 15) is 4.79 Å². The second-order valence-corrected chi connectivity index (χ2v) is 7.52. The molecule has 0 atom stereocenters. The van der Waals surface area contributed by atoms with Crippen molar-refractivity contribution in [3.05, 3.63) is 71.1 Å². The Balaban J connectivity index is 1.52. The smallest absolute Gasteiger partial charge is 0.257 e. The fourth-order valence-electron chi connectivity index (χ4n) is 3.09. The number of ether oxygens (including phenoxy) is 2. The first-order valence-electron chi connectivity index (χ1n) is 9.36. The van der Waals surface area contributed by atoms with E-state index < -0.39 is 0 Å². The van der Waals surface area contributed by atoms with Crippen LogP contribution in [0.1, 0.15) is 21.5 Å². The molecule has 0 spiro atoms. The van der Waals surface area contributed by atoms with Crippen molar-refractivity contribution in [2.24, 2.45) is 0 Å². The largest absolute Gasteiger partial charge is 0.480 e. The molecule has 3 heterocycles. The number of carbonyl (C=O) groups is 1. The lowest BCUT2D eigenvalue weighted by Gasteiger charge is -2.11. The molecule has 0 aliphatic rings. The standard InChI is InChI=1S/C22H19N5O3S/c1-13-8-16(30-19-11-24-18(29-3)10-25-19)9-14(2)20(13)17-12-31-22(26-17)27-21(28)15-4-6-23-7-5-15/h4-12H,1-3H3,(H,26,27,28). The monoisotopic (exact) mass is 433 g/mol. The fraction of sp³-hybridized carbons (Fsp3) is 0.136. The number of benzene rings is 1. The number of aryl methyl sites for hydroxylation is 2. The fourth-order valence-corrected chi connectivity index (χ4v) is 3.78. The maximum absolute atomic E-state index is 12.3. The average Bonchev–Trinajstić information content (AvgIpc) is 3.22. The van der Waals surface area contributed by atoms with Crippen molar-refractivity contribution >= 4 is 22.4 Å². The number of rotatable bonds is 6. The molecule has 0 fully saturated rings. The zero-order valence-corrected chi connectivity index (χ0v) is 17.9. The number of thiazole rings is 1. The number of nitrogens with one attached hydrogen (secondary N) is 1. The Hall–Kier alpha value is -3.85. The van der Waals surface area contributed by atoms with E-state index in [1.54, 1.807) is 24.5 Å². The molecular formula is C22H19N5O3S. The minimum Gasteiger partial charge on any atom is -0.480 e. The normalized spacial score (nSPS) is 10.5. The second-order valence-electron chi connectivity index (χ2n) is 6.66. The van der Waals surface area contributed by atoms with E-state index in [0.29, 0.717) is 28.2 Å². The van der Waals surface area contributed by atoms with E-state index in [0.717, 1.165) is 22.4 Å². The quantitative estimate of drug-likeness (QED) is 0.472. The van der Waals surface area contributed by atoms with Gasteiger partial charge in [-0.1, -0.05) is 0 Å². The molecule has 3 aromatic heterocycles. The highest BCUT2D eigenvalue weighted by Gasteiger charge is 2.14. The van der Waals surface area contributed by atoms with Crippen molar-refractivity contribution in [3.8, 4) is 28.8 Å². The third-order valence-electron chi connectivity index (χ3n) is 4.47. The number of methoxy groups -OCH3 is 1. The van der Waals surface area contributed by atoms with Gasteiger partial charge >= 0.3 is 0 Å². The molecule has 4 aromatic rings. The van der Waals surface area contributed by atoms with Crippen molar-refractivity contribution in [2.75, 3.05) is 12.4 Å². The molecule has 8 nitrogen and oxygen atoms in total. The predicted molar refractivity (Wildman–Crippen MR) is 118 cm³/mol. The first-order valence-corrected chi connectivity index (χ1v) is 10.2. The van der Waals surface area contributed by atoms with E-state index in [4.69, 9.17) is 9.47 Å². The highest BCUT2D eigenvalue weighted by atomic mass is 32.1. The van der Waals surface area contributed by atoms with E-state index in [2.05, 4.69) is 25.3 Å². The summed E-state index contributed by atoms with van der Waals surface area (Å²) in [5.41, 5.74) is 4.31. The van der Waals surface area contributed by atoms with E-state index in [1.807, 2.05) is 31.4 Å². The van der Waals surface area contributed by atoms with E-state index in [-0.39, 0.29) is 5.91 Å². The molecule has 0 unspecified atom stereocenters. The molecule has 9 heteroatoms. The summed E-state index contributed by atoms with van der Waals surface area (Å²) in [5, 5.41) is 5.29. The van der Waals surface area contributed by atoms with Crippen molar-refractivity contribution in [2.45, 2.75) is 13.8 Å². The second kappa shape index (κ2) is 8.88. The maximum Gasteiger partial charge on any atom is 0.257 e. The summed E-state index contributed by atoms with van der Waals surface area (Å²) in [6, 6.07) is 7.15. The number of aromatic nitrogens is 4. The molecule has 0 saturated heterocycles. The Bertz CT molecular complexity index is 1190. The highest BCUT2D eigenvalue weighted by Crippen LogP contribution is 2.34. The van der Waals surface area contributed by atoms with Crippen LogP contribution in [0.15, 0.2) is 54.4 Å². The van der Waals surface area contributed by atoms with Gasteiger partial charge in [-0.15, -0.1) is 11.3 Å². The summed E-state index contributed by atoms with van der Waals surface area (Å²) in [7, 11) is 1.53. The number of hydrogen-bond acceptors (Lipinski definition) is 8. The molecule has 0 aliphatic carbocycles. The van der Waals surface area contributed by atoms with Crippen LogP contribution >= 0.6 is 11.3 Å². The van der Waals surface area contributed by atoms with Gasteiger partial charge in [-0.3, -0.25) is 15.1 Å². The van der Waals surface area contributed by atoms with Crippen molar-refractivity contribution in [1.29, 1.82) is 0 Å². The number of carbonyl (C=O) groups excluding carboxylic acids is 1. The minimum absolute atomic E-state index is 0.221. The van der Waals surface area contributed by atoms with Gasteiger partial charge in [0, 0.05) is 28.9 Å². The van der Waals surface area contributed by atoms with Gasteiger partial charge in [0.15, 0.2) is 5.13 Å². The topological polar surface area (TPSA) is 99.1 Å². The van der Waals surface area contributed by atoms with Gasteiger partial charge in [0.05, 0.1) is 25.2 Å². The average molecular weight is 433 g/mol. The number of hydrogen-bond donors (Lipinski definition) is 1. The lowest BCUT2D eigenvalue weighted by molar-refractivity contribution is 0.102. The Morgan fingerprint density at radius 3 is 2.35 bits per heavy atom. The molecular weight excluding hydrogens is 414 g/mol. The third-order valence-corrected chi connectivity index (χ3v) is 5.22. The minimum atomic E-state index is -0.221. The summed E-state index contributed by atoms with van der Waals surface area (Å²) in [6.07, 6.45) is 6.17. The predicted octanol–water partition coefficient (Wildman–Crippen LogP) is 4.67. The molecule has 1 amide bonds. The number of nitrogens with zero attached hydrogens (tertiary/aromatic N) is 4. The number of amides is 1. The van der Waals surface area contributed by atoms with Gasteiger partial charge in [0.2, 0.25) is 11.8 Å². The summed E-state index contributed by atoms with van der Waals surface area (Å²) < 4.78 is 10.8. The molecule has 0 radical (unpaired) electrons. The number of pyridine rings is 1. The van der Waals surface area contributed by atoms with Crippen molar-refractivity contribution in [3.63, 3.8) is 0 Å². The van der Waals surface area contributed by atoms with Crippen LogP contribution in [0.3, 0.4) is 0 Å². The Morgan fingerprint density at radius 1 is 1.03 bits per heavy atom. The summed E-state index contributed by atoms with van der Waals surface area (Å²) in [4.78, 5) is 29.1. The molecule has 31 heavy (non-hydrogen) atoms. The zero-order chi connectivity index (χ0) is 21.8. The van der Waals surface area contributed by atoms with Crippen LogP contribution < -0.4 is 14.8 Å². The van der Waals surface area contributed by atoms with Gasteiger partial charge in [0.1, 0.15) is 5.75 Å².